The molecule has 8 heteroatoms. The summed E-state index contributed by atoms with van der Waals surface area (Å²) < 4.78 is 40.8. The molecule has 0 bridgehead atoms. The van der Waals surface area contributed by atoms with Gasteiger partial charge in [0.15, 0.2) is 0 Å². The van der Waals surface area contributed by atoms with Gasteiger partial charge in [-0.3, -0.25) is 9.71 Å². The molecule has 0 radical (unpaired) electrons. The Morgan fingerprint density at radius 3 is 2.75 bits per heavy atom. The molecule has 1 aromatic carbocycles. The average Bonchev–Trinajstić information content (AvgIpc) is 3.08. The van der Waals surface area contributed by atoms with Gasteiger partial charge in [0.05, 0.1) is 17.3 Å². The van der Waals surface area contributed by atoms with Gasteiger partial charge in [-0.05, 0) is 36.4 Å². The zero-order valence-electron chi connectivity index (χ0n) is 12.2. The van der Waals surface area contributed by atoms with Crippen LogP contribution in [0.5, 0.6) is 0 Å². The van der Waals surface area contributed by atoms with Crippen molar-refractivity contribution in [1.29, 1.82) is 5.26 Å². The maximum atomic E-state index is 13.9. The van der Waals surface area contributed by atoms with E-state index in [1.54, 1.807) is 30.6 Å². The maximum Gasteiger partial charge on any atom is 0.263 e. The Labute approximate surface area is 137 Å². The Bertz CT molecular complexity index is 1020. The number of hydrogen-bond acceptors (Lipinski definition) is 4. The molecule has 0 aliphatic heterocycles. The minimum absolute atomic E-state index is 0.0369. The summed E-state index contributed by atoms with van der Waals surface area (Å²) in [7, 11) is -3.97. The van der Waals surface area contributed by atoms with E-state index in [9.17, 15) is 12.8 Å². The minimum Gasteiger partial charge on any atom is -0.360 e. The van der Waals surface area contributed by atoms with Crippen LogP contribution in [0.25, 0.3) is 11.3 Å². The van der Waals surface area contributed by atoms with E-state index in [1.165, 1.54) is 24.4 Å². The van der Waals surface area contributed by atoms with E-state index in [4.69, 9.17) is 5.26 Å². The van der Waals surface area contributed by atoms with Crippen LogP contribution in [-0.4, -0.2) is 18.4 Å². The highest BCUT2D eigenvalue weighted by Gasteiger charge is 2.18. The third-order valence-corrected chi connectivity index (χ3v) is 4.63. The van der Waals surface area contributed by atoms with Crippen molar-refractivity contribution in [2.75, 3.05) is 4.72 Å². The predicted octanol–water partition coefficient (Wildman–Crippen LogP) is 2.89. The molecule has 0 unspecified atom stereocenters. The van der Waals surface area contributed by atoms with E-state index in [1.807, 2.05) is 0 Å². The fourth-order valence-corrected chi connectivity index (χ4v) is 3.15. The molecular weight excluding hydrogens is 331 g/mol. The number of benzene rings is 1. The number of H-pyrrole nitrogens is 1. The molecule has 24 heavy (non-hydrogen) atoms. The molecule has 6 nitrogen and oxygen atoms in total. The van der Waals surface area contributed by atoms with E-state index in [0.717, 1.165) is 11.6 Å². The number of nitrogens with zero attached hydrogens (tertiary/aromatic N) is 2. The number of aromatic nitrogens is 2. The monoisotopic (exact) mass is 342 g/mol. The van der Waals surface area contributed by atoms with Crippen molar-refractivity contribution in [3.63, 3.8) is 0 Å². The van der Waals surface area contributed by atoms with Gasteiger partial charge in [0.2, 0.25) is 0 Å². The molecule has 3 rings (SSSR count). The van der Waals surface area contributed by atoms with Gasteiger partial charge in [0, 0.05) is 29.8 Å². The number of sulfonamides is 1. The summed E-state index contributed by atoms with van der Waals surface area (Å²) in [6.45, 7) is 0. The normalized spacial score (nSPS) is 11.0. The van der Waals surface area contributed by atoms with Crippen LogP contribution < -0.4 is 4.72 Å². The number of halogens is 1. The number of hydrogen-bond donors (Lipinski definition) is 2. The molecule has 0 spiro atoms. The molecule has 2 heterocycles. The minimum atomic E-state index is -3.97. The van der Waals surface area contributed by atoms with Gasteiger partial charge in [-0.1, -0.05) is 0 Å². The van der Waals surface area contributed by atoms with Crippen molar-refractivity contribution in [1.82, 2.24) is 9.97 Å². The molecule has 120 valence electrons. The van der Waals surface area contributed by atoms with E-state index >= 15 is 0 Å². The third kappa shape index (κ3) is 3.11. The summed E-state index contributed by atoms with van der Waals surface area (Å²) >= 11 is 0. The second kappa shape index (κ2) is 6.14. The summed E-state index contributed by atoms with van der Waals surface area (Å²) in [6.07, 6.45) is 4.52. The molecule has 0 atom stereocenters. The number of nitriles is 1. The molecule has 0 saturated carbocycles. The lowest BCUT2D eigenvalue weighted by Gasteiger charge is -2.07. The van der Waals surface area contributed by atoms with Gasteiger partial charge < -0.3 is 4.98 Å². The number of pyridine rings is 1. The Kier molecular flexibility index (Phi) is 4.02. The standard InChI is InChI=1S/C16H11FN4O2S/c17-14-6-11(8-18)3-4-15(14)21-24(22,23)13-7-16(20-10-13)12-2-1-5-19-9-12/h1-7,9-10,20-21H. The highest BCUT2D eigenvalue weighted by atomic mass is 32.2. The first-order valence-electron chi connectivity index (χ1n) is 6.81. The van der Waals surface area contributed by atoms with Crippen molar-refractivity contribution in [3.05, 3.63) is 66.4 Å². The number of anilines is 1. The zero-order valence-corrected chi connectivity index (χ0v) is 13.0. The zero-order chi connectivity index (χ0) is 17.2. The van der Waals surface area contributed by atoms with Crippen molar-refractivity contribution < 1.29 is 12.8 Å². The number of rotatable bonds is 4. The van der Waals surface area contributed by atoms with Gasteiger partial charge in [0.1, 0.15) is 10.7 Å². The van der Waals surface area contributed by atoms with Crippen LogP contribution in [0.15, 0.2) is 59.9 Å². The highest BCUT2D eigenvalue weighted by Crippen LogP contribution is 2.24. The summed E-state index contributed by atoms with van der Waals surface area (Å²) in [5.41, 5.74) is 1.18. The third-order valence-electron chi connectivity index (χ3n) is 3.28. The number of nitrogens with one attached hydrogen (secondary N) is 2. The smallest absolute Gasteiger partial charge is 0.263 e. The quantitative estimate of drug-likeness (QED) is 0.761. The Morgan fingerprint density at radius 1 is 1.25 bits per heavy atom. The molecule has 3 aromatic rings. The molecule has 0 aliphatic rings. The topological polar surface area (TPSA) is 98.6 Å². The molecule has 0 aliphatic carbocycles. The van der Waals surface area contributed by atoms with Crippen molar-refractivity contribution >= 4 is 15.7 Å². The Hall–Kier alpha value is -3.18. The van der Waals surface area contributed by atoms with Crippen molar-refractivity contribution in [3.8, 4) is 17.3 Å². The first kappa shape index (κ1) is 15.7. The lowest BCUT2D eigenvalue weighted by Crippen LogP contribution is -2.13. The lowest BCUT2D eigenvalue weighted by molar-refractivity contribution is 0.598. The summed E-state index contributed by atoms with van der Waals surface area (Å²) in [6, 6.07) is 10.2. The van der Waals surface area contributed by atoms with Crippen LogP contribution in [0, 0.1) is 17.1 Å². The summed E-state index contributed by atoms with van der Waals surface area (Å²) in [5, 5.41) is 8.71. The van der Waals surface area contributed by atoms with Crippen LogP contribution in [0.4, 0.5) is 10.1 Å². The first-order valence-corrected chi connectivity index (χ1v) is 8.29. The fraction of sp³-hybridized carbons (Fsp3) is 0. The lowest BCUT2D eigenvalue weighted by atomic mass is 10.2. The highest BCUT2D eigenvalue weighted by molar-refractivity contribution is 7.92. The first-order chi connectivity index (χ1) is 11.5. The molecule has 0 fully saturated rings. The molecule has 2 aromatic heterocycles. The summed E-state index contributed by atoms with van der Waals surface area (Å²) in [4.78, 5) is 6.78. The average molecular weight is 342 g/mol. The van der Waals surface area contributed by atoms with Crippen molar-refractivity contribution in [2.45, 2.75) is 4.90 Å². The van der Waals surface area contributed by atoms with Crippen molar-refractivity contribution in [2.24, 2.45) is 0 Å². The molecule has 2 N–H and O–H groups in total. The van der Waals surface area contributed by atoms with Crippen LogP contribution in [0.3, 0.4) is 0 Å². The van der Waals surface area contributed by atoms with Gasteiger partial charge in [-0.15, -0.1) is 0 Å². The van der Waals surface area contributed by atoms with E-state index < -0.39 is 15.8 Å². The second-order valence-corrected chi connectivity index (χ2v) is 6.59. The van der Waals surface area contributed by atoms with E-state index in [2.05, 4.69) is 14.7 Å². The molecule has 0 saturated heterocycles. The van der Waals surface area contributed by atoms with E-state index in [-0.39, 0.29) is 16.1 Å². The largest absolute Gasteiger partial charge is 0.360 e. The maximum absolute atomic E-state index is 13.9. The van der Waals surface area contributed by atoms with Crippen LogP contribution in [0.1, 0.15) is 5.56 Å². The fourth-order valence-electron chi connectivity index (χ4n) is 2.09. The second-order valence-electron chi connectivity index (χ2n) is 4.90. The molecular formula is C16H11FN4O2S. The Morgan fingerprint density at radius 2 is 2.08 bits per heavy atom. The molecule has 0 amide bonds. The SMILES string of the molecule is N#Cc1ccc(NS(=O)(=O)c2c[nH]c(-c3cccnc3)c2)c(F)c1. The summed E-state index contributed by atoms with van der Waals surface area (Å²) in [5.74, 6) is -0.819. The van der Waals surface area contributed by atoms with Gasteiger partial charge in [0.25, 0.3) is 10.0 Å². The van der Waals surface area contributed by atoms with Crippen LogP contribution >= 0.6 is 0 Å². The van der Waals surface area contributed by atoms with Crippen LogP contribution in [0.2, 0.25) is 0 Å². The van der Waals surface area contributed by atoms with Gasteiger partial charge in [-0.2, -0.15) is 5.26 Å². The van der Waals surface area contributed by atoms with E-state index in [0.29, 0.717) is 5.69 Å². The van der Waals surface area contributed by atoms with Gasteiger partial charge >= 0.3 is 0 Å². The predicted molar refractivity (Wildman–Crippen MR) is 85.9 cm³/mol. The number of aromatic amines is 1. The van der Waals surface area contributed by atoms with Crippen LogP contribution in [-0.2, 0) is 10.0 Å². The Balaban J connectivity index is 1.89. The van der Waals surface area contributed by atoms with Gasteiger partial charge in [-0.25, -0.2) is 12.8 Å².